The van der Waals surface area contributed by atoms with Gasteiger partial charge in [0.1, 0.15) is 11.5 Å². The summed E-state index contributed by atoms with van der Waals surface area (Å²) in [5.74, 6) is 0.698. The van der Waals surface area contributed by atoms with Gasteiger partial charge in [0.25, 0.3) is 0 Å². The van der Waals surface area contributed by atoms with E-state index in [2.05, 4.69) is 5.32 Å². The van der Waals surface area contributed by atoms with Crippen LogP contribution < -0.4 is 14.8 Å². The highest BCUT2D eigenvalue weighted by molar-refractivity contribution is 7.88. The van der Waals surface area contributed by atoms with Crippen molar-refractivity contribution in [2.24, 2.45) is 5.92 Å². The Kier molecular flexibility index (Phi) is 6.83. The third-order valence-electron chi connectivity index (χ3n) is 3.04. The second kappa shape index (κ2) is 8.16. The first-order chi connectivity index (χ1) is 10.7. The lowest BCUT2D eigenvalue weighted by molar-refractivity contribution is -0.116. The van der Waals surface area contributed by atoms with Gasteiger partial charge < -0.3 is 14.8 Å². The largest absolute Gasteiger partial charge is 0.497 e. The molecule has 7 nitrogen and oxygen atoms in total. The van der Waals surface area contributed by atoms with E-state index in [1.807, 2.05) is 13.8 Å². The Balaban J connectivity index is 2.90. The van der Waals surface area contributed by atoms with Gasteiger partial charge in [0.2, 0.25) is 15.9 Å². The van der Waals surface area contributed by atoms with Gasteiger partial charge in [-0.3, -0.25) is 4.79 Å². The number of sulfonamides is 1. The molecule has 23 heavy (non-hydrogen) atoms. The van der Waals surface area contributed by atoms with Crippen LogP contribution in [0.2, 0.25) is 0 Å². The van der Waals surface area contributed by atoms with Crippen molar-refractivity contribution in [2.45, 2.75) is 13.8 Å². The Morgan fingerprint density at radius 1 is 1.26 bits per heavy atom. The van der Waals surface area contributed by atoms with Crippen LogP contribution in [0.5, 0.6) is 11.5 Å². The maximum atomic E-state index is 12.2. The fourth-order valence-electron chi connectivity index (χ4n) is 1.99. The number of ether oxygens (including phenoxy) is 2. The second-order valence-corrected chi connectivity index (χ2v) is 7.55. The molecule has 0 aliphatic rings. The summed E-state index contributed by atoms with van der Waals surface area (Å²) in [7, 11) is -0.459. The highest BCUT2D eigenvalue weighted by Gasteiger charge is 2.21. The van der Waals surface area contributed by atoms with Crippen molar-refractivity contribution in [3.8, 4) is 11.5 Å². The van der Waals surface area contributed by atoms with Gasteiger partial charge in [0.05, 0.1) is 32.7 Å². The second-order valence-electron chi connectivity index (χ2n) is 5.56. The van der Waals surface area contributed by atoms with Crippen LogP contribution in [0.1, 0.15) is 13.8 Å². The predicted molar refractivity (Wildman–Crippen MR) is 89.4 cm³/mol. The number of nitrogens with one attached hydrogen (secondary N) is 1. The van der Waals surface area contributed by atoms with E-state index in [9.17, 15) is 13.2 Å². The van der Waals surface area contributed by atoms with Gasteiger partial charge in [-0.05, 0) is 18.1 Å². The molecule has 0 aliphatic heterocycles. The topological polar surface area (TPSA) is 84.9 Å². The zero-order valence-electron chi connectivity index (χ0n) is 14.1. The van der Waals surface area contributed by atoms with Crippen LogP contribution in [0.25, 0.3) is 0 Å². The molecule has 130 valence electrons. The summed E-state index contributed by atoms with van der Waals surface area (Å²) in [6, 6.07) is 4.98. The Bertz CT molecular complexity index is 643. The molecule has 0 saturated carbocycles. The molecule has 0 aliphatic carbocycles. The number of rotatable bonds is 8. The lowest BCUT2D eigenvalue weighted by atomic mass is 10.2. The Morgan fingerprint density at radius 3 is 2.39 bits per heavy atom. The van der Waals surface area contributed by atoms with E-state index in [0.717, 1.165) is 10.6 Å². The zero-order chi connectivity index (χ0) is 17.6. The van der Waals surface area contributed by atoms with Crippen LogP contribution in [0.3, 0.4) is 0 Å². The van der Waals surface area contributed by atoms with Crippen molar-refractivity contribution in [3.05, 3.63) is 18.2 Å². The third kappa shape index (κ3) is 6.07. The van der Waals surface area contributed by atoms with E-state index in [-0.39, 0.29) is 19.0 Å². The molecule has 1 aromatic rings. The van der Waals surface area contributed by atoms with Gasteiger partial charge in [-0.25, -0.2) is 8.42 Å². The Labute approximate surface area is 137 Å². The summed E-state index contributed by atoms with van der Waals surface area (Å²) < 4.78 is 35.0. The fraction of sp³-hybridized carbons (Fsp3) is 0.533. The quantitative estimate of drug-likeness (QED) is 0.773. The Morgan fingerprint density at radius 2 is 1.91 bits per heavy atom. The minimum absolute atomic E-state index is 0.115. The molecule has 8 heteroatoms. The zero-order valence-corrected chi connectivity index (χ0v) is 14.9. The van der Waals surface area contributed by atoms with Crippen molar-refractivity contribution in [1.29, 1.82) is 0 Å². The van der Waals surface area contributed by atoms with E-state index < -0.39 is 15.9 Å². The molecule has 0 bridgehead atoms. The van der Waals surface area contributed by atoms with Gasteiger partial charge in [-0.2, -0.15) is 4.31 Å². The fourth-order valence-corrected chi connectivity index (χ4v) is 2.91. The van der Waals surface area contributed by atoms with Gasteiger partial charge in [0, 0.05) is 12.6 Å². The minimum Gasteiger partial charge on any atom is -0.497 e. The standard InChI is InChI=1S/C15H24N2O5S/c1-11(2)9-17(23(5,19)20)10-15(18)16-13-8-12(21-3)6-7-14(13)22-4/h6-8,11H,9-10H2,1-5H3,(H,16,18). The molecule has 1 N–H and O–H groups in total. The van der Waals surface area contributed by atoms with Crippen LogP contribution >= 0.6 is 0 Å². The van der Waals surface area contributed by atoms with Crippen LogP contribution in [0, 0.1) is 5.92 Å². The molecule has 0 unspecified atom stereocenters. The molecular formula is C15H24N2O5S. The van der Waals surface area contributed by atoms with Crippen molar-refractivity contribution in [3.63, 3.8) is 0 Å². The molecule has 0 saturated heterocycles. The van der Waals surface area contributed by atoms with Crippen LogP contribution in [-0.4, -0.2) is 52.2 Å². The monoisotopic (exact) mass is 344 g/mol. The number of methoxy groups -OCH3 is 2. The van der Waals surface area contributed by atoms with Gasteiger partial charge >= 0.3 is 0 Å². The van der Waals surface area contributed by atoms with Crippen molar-refractivity contribution in [1.82, 2.24) is 4.31 Å². The summed E-state index contributed by atoms with van der Waals surface area (Å²) in [4.78, 5) is 12.2. The first-order valence-electron chi connectivity index (χ1n) is 7.14. The first-order valence-corrected chi connectivity index (χ1v) is 8.99. The van der Waals surface area contributed by atoms with E-state index in [4.69, 9.17) is 9.47 Å². The van der Waals surface area contributed by atoms with Crippen molar-refractivity contribution in [2.75, 3.05) is 38.9 Å². The molecule has 1 amide bonds. The average Bonchev–Trinajstić information content (AvgIpc) is 2.45. The molecule has 1 aromatic carbocycles. The number of carbonyl (C=O) groups is 1. The minimum atomic E-state index is -3.46. The smallest absolute Gasteiger partial charge is 0.239 e. The summed E-state index contributed by atoms with van der Waals surface area (Å²) in [5, 5.41) is 2.66. The van der Waals surface area contributed by atoms with E-state index in [1.54, 1.807) is 18.2 Å². The number of nitrogens with zero attached hydrogens (tertiary/aromatic N) is 1. The summed E-state index contributed by atoms with van der Waals surface area (Å²) in [6.45, 7) is 3.81. The van der Waals surface area contributed by atoms with E-state index in [0.29, 0.717) is 17.2 Å². The molecule has 0 aromatic heterocycles. The Hall–Kier alpha value is -1.80. The van der Waals surface area contributed by atoms with Crippen molar-refractivity contribution < 1.29 is 22.7 Å². The normalized spacial score (nSPS) is 11.6. The summed E-state index contributed by atoms with van der Waals surface area (Å²) in [6.07, 6.45) is 1.09. The number of anilines is 1. The number of amides is 1. The molecule has 0 fully saturated rings. The number of hydrogen-bond acceptors (Lipinski definition) is 5. The predicted octanol–water partition coefficient (Wildman–Crippen LogP) is 1.56. The van der Waals surface area contributed by atoms with Gasteiger partial charge in [-0.15, -0.1) is 0 Å². The molecule has 0 radical (unpaired) electrons. The lowest BCUT2D eigenvalue weighted by Gasteiger charge is -2.21. The lowest BCUT2D eigenvalue weighted by Crippen LogP contribution is -2.39. The van der Waals surface area contributed by atoms with E-state index in [1.165, 1.54) is 14.2 Å². The molecule has 1 rings (SSSR count). The van der Waals surface area contributed by atoms with Crippen LogP contribution in [-0.2, 0) is 14.8 Å². The van der Waals surface area contributed by atoms with Crippen LogP contribution in [0.4, 0.5) is 5.69 Å². The first kappa shape index (κ1) is 19.2. The maximum Gasteiger partial charge on any atom is 0.239 e. The molecule has 0 heterocycles. The van der Waals surface area contributed by atoms with E-state index >= 15 is 0 Å². The summed E-state index contributed by atoms with van der Waals surface area (Å²) >= 11 is 0. The SMILES string of the molecule is COc1ccc(OC)c(NC(=O)CN(CC(C)C)S(C)(=O)=O)c1. The highest BCUT2D eigenvalue weighted by atomic mass is 32.2. The number of carbonyl (C=O) groups excluding carboxylic acids is 1. The number of benzene rings is 1. The highest BCUT2D eigenvalue weighted by Crippen LogP contribution is 2.28. The third-order valence-corrected chi connectivity index (χ3v) is 4.25. The molecule has 0 spiro atoms. The van der Waals surface area contributed by atoms with Crippen LogP contribution in [0.15, 0.2) is 18.2 Å². The maximum absolute atomic E-state index is 12.2. The van der Waals surface area contributed by atoms with Gasteiger partial charge in [0.15, 0.2) is 0 Å². The van der Waals surface area contributed by atoms with Gasteiger partial charge in [-0.1, -0.05) is 13.8 Å². The molecule has 0 atom stereocenters. The number of hydrogen-bond donors (Lipinski definition) is 1. The molecular weight excluding hydrogens is 320 g/mol. The summed E-state index contributed by atoms with van der Waals surface area (Å²) in [5.41, 5.74) is 0.426. The van der Waals surface area contributed by atoms with Crippen molar-refractivity contribution >= 4 is 21.6 Å². The average molecular weight is 344 g/mol.